The van der Waals surface area contributed by atoms with E-state index in [1.165, 1.54) is 17.3 Å². The molecular formula is C18H20N6O6. The minimum atomic E-state index is -1.83. The molecule has 6 N–H and O–H groups in total. The van der Waals surface area contributed by atoms with Crippen molar-refractivity contribution in [3.05, 3.63) is 48.5 Å². The largest absolute Gasteiger partial charge is 0.387 e. The van der Waals surface area contributed by atoms with Crippen molar-refractivity contribution in [3.8, 4) is 11.5 Å². The van der Waals surface area contributed by atoms with Gasteiger partial charge in [-0.3, -0.25) is 10.2 Å². The lowest BCUT2D eigenvalue weighted by atomic mass is 9.98. The third-order valence-corrected chi connectivity index (χ3v) is 4.71. The van der Waals surface area contributed by atoms with Crippen LogP contribution in [0.15, 0.2) is 43.0 Å². The number of anilines is 1. The van der Waals surface area contributed by atoms with Gasteiger partial charge in [-0.25, -0.2) is 19.6 Å². The van der Waals surface area contributed by atoms with Crippen molar-refractivity contribution >= 4 is 11.7 Å². The monoisotopic (exact) mass is 416 g/mol. The van der Waals surface area contributed by atoms with Crippen LogP contribution in [0, 0.1) is 0 Å². The molecule has 0 saturated carbocycles. The number of ether oxygens (including phenoxy) is 1. The Morgan fingerprint density at radius 1 is 1.03 bits per heavy atom. The van der Waals surface area contributed by atoms with Crippen molar-refractivity contribution in [2.75, 3.05) is 10.7 Å². The summed E-state index contributed by atoms with van der Waals surface area (Å²) >= 11 is 0. The van der Waals surface area contributed by atoms with Gasteiger partial charge in [0.1, 0.15) is 31.0 Å². The molecule has 0 unspecified atom stereocenters. The number of imidazole rings is 1. The summed E-state index contributed by atoms with van der Waals surface area (Å²) in [5.41, 5.74) is 3.86. The van der Waals surface area contributed by atoms with Gasteiger partial charge in [0.15, 0.2) is 29.7 Å². The smallest absolute Gasteiger partial charge is 0.270 e. The van der Waals surface area contributed by atoms with Gasteiger partial charge in [0.2, 0.25) is 0 Å². The Bertz CT molecular complexity index is 984. The van der Waals surface area contributed by atoms with Crippen LogP contribution in [0.2, 0.25) is 0 Å². The second-order valence-electron chi connectivity index (χ2n) is 6.74. The van der Waals surface area contributed by atoms with Gasteiger partial charge in [-0.15, -0.1) is 0 Å². The number of fused-ring (bicyclic) bond motifs is 1. The van der Waals surface area contributed by atoms with Crippen LogP contribution in [-0.2, 0) is 16.1 Å². The number of rotatable bonds is 5. The lowest BCUT2D eigenvalue weighted by Gasteiger charge is -2.37. The van der Waals surface area contributed by atoms with E-state index >= 15 is 0 Å². The summed E-state index contributed by atoms with van der Waals surface area (Å²) in [6, 6.07) is 9.68. The first-order valence-electron chi connectivity index (χ1n) is 9.10. The van der Waals surface area contributed by atoms with Gasteiger partial charge in [0.05, 0.1) is 0 Å². The Hall–Kier alpha value is -3.16. The predicted molar refractivity (Wildman–Crippen MR) is 101 cm³/mol. The number of aromatic nitrogens is 4. The van der Waals surface area contributed by atoms with Crippen LogP contribution < -0.4 is 10.7 Å². The number of nitrogens with zero attached hydrogens (tertiary/aromatic N) is 4. The van der Waals surface area contributed by atoms with E-state index in [1.807, 2.05) is 30.3 Å². The van der Waals surface area contributed by atoms with Crippen LogP contribution >= 0.6 is 0 Å². The predicted octanol–water partition coefficient (Wildman–Crippen LogP) is -1.74. The van der Waals surface area contributed by atoms with Gasteiger partial charge in [-0.2, -0.15) is 0 Å². The van der Waals surface area contributed by atoms with Crippen molar-refractivity contribution in [1.82, 2.24) is 19.6 Å². The van der Waals surface area contributed by atoms with Crippen molar-refractivity contribution in [2.24, 2.45) is 0 Å². The summed E-state index contributed by atoms with van der Waals surface area (Å²) < 4.78 is 6.10. The second kappa shape index (κ2) is 8.30. The van der Waals surface area contributed by atoms with E-state index < -0.39 is 36.6 Å². The number of aliphatic hydroxyl groups is 4. The van der Waals surface area contributed by atoms with E-state index in [4.69, 9.17) is 4.74 Å². The van der Waals surface area contributed by atoms with E-state index in [0.29, 0.717) is 18.1 Å². The minimum absolute atomic E-state index is 0.278. The standard InChI is InChI=1S/C18H20N6O6/c25-11-12(26)14(30-18(29)13(11)27)17(28)23-24-8-22-15(10-16(24)21-7-20-10)19-6-9-4-2-1-3-5-9/h1-5,7-8,11-14,18-19,25-27,29H,6H2,(H,23,28)/t11-,12-,13+,14-,18+/m0/s1. The molecule has 0 aliphatic carbocycles. The number of carbonyl (C=O) groups is 1. The summed E-state index contributed by atoms with van der Waals surface area (Å²) in [5, 5.41) is 42.1. The Labute approximate surface area is 170 Å². The minimum Gasteiger partial charge on any atom is -0.387 e. The van der Waals surface area contributed by atoms with Crippen molar-refractivity contribution in [2.45, 2.75) is 37.3 Å². The number of aliphatic hydroxyl groups excluding tert-OH is 4. The molecule has 5 atom stereocenters. The molecule has 158 valence electrons. The maximum absolute atomic E-state index is 12.5. The SMILES string of the molecule is O=C(Nn1cnc(NCc2ccccc2)c2ncnc1-2)[C@H]1O[C@@H](O)[C@H](O)[C@@H](O)[C@@H]1O. The zero-order chi connectivity index (χ0) is 21.3. The highest BCUT2D eigenvalue weighted by Gasteiger charge is 2.46. The third-order valence-electron chi connectivity index (χ3n) is 4.71. The van der Waals surface area contributed by atoms with Crippen LogP contribution in [-0.4, -0.2) is 76.7 Å². The number of nitrogens with one attached hydrogen (secondary N) is 2. The van der Waals surface area contributed by atoms with Crippen LogP contribution in [0.1, 0.15) is 5.56 Å². The summed E-state index contributed by atoms with van der Waals surface area (Å²) in [6.07, 6.45) is -6.09. The molecule has 1 aromatic rings. The summed E-state index contributed by atoms with van der Waals surface area (Å²) in [7, 11) is 0. The third kappa shape index (κ3) is 3.81. The molecule has 0 spiro atoms. The first-order chi connectivity index (χ1) is 14.5. The van der Waals surface area contributed by atoms with E-state index in [0.717, 1.165) is 5.56 Å². The maximum Gasteiger partial charge on any atom is 0.270 e. The zero-order valence-electron chi connectivity index (χ0n) is 15.5. The Morgan fingerprint density at radius 3 is 2.57 bits per heavy atom. The molecular weight excluding hydrogens is 396 g/mol. The Morgan fingerprint density at radius 2 is 1.80 bits per heavy atom. The first kappa shape index (κ1) is 20.1. The summed E-state index contributed by atoms with van der Waals surface area (Å²) in [6.45, 7) is 0.506. The normalized spacial score (nSPS) is 26.5. The van der Waals surface area contributed by atoms with E-state index in [2.05, 4.69) is 25.7 Å². The fourth-order valence-corrected chi connectivity index (χ4v) is 3.09. The lowest BCUT2D eigenvalue weighted by molar-refractivity contribution is -0.274. The molecule has 3 aliphatic heterocycles. The number of carbonyl (C=O) groups excluding carboxylic acids is 1. The van der Waals surface area contributed by atoms with E-state index in [1.54, 1.807) is 0 Å². The number of hydrogen-bond donors (Lipinski definition) is 6. The molecule has 3 aliphatic rings. The Kier molecular flexibility index (Phi) is 5.57. The average molecular weight is 416 g/mol. The fourth-order valence-electron chi connectivity index (χ4n) is 3.09. The van der Waals surface area contributed by atoms with Crippen LogP contribution in [0.3, 0.4) is 0 Å². The highest BCUT2D eigenvalue weighted by Crippen LogP contribution is 2.25. The molecule has 12 nitrogen and oxygen atoms in total. The summed E-state index contributed by atoms with van der Waals surface area (Å²) in [5.74, 6) is -0.145. The fraction of sp³-hybridized carbons (Fsp3) is 0.333. The molecule has 1 saturated heterocycles. The van der Waals surface area contributed by atoms with Crippen LogP contribution in [0.25, 0.3) is 11.5 Å². The van der Waals surface area contributed by atoms with Crippen molar-refractivity contribution in [1.29, 1.82) is 0 Å². The van der Waals surface area contributed by atoms with Gasteiger partial charge in [-0.05, 0) is 5.56 Å². The van der Waals surface area contributed by atoms with E-state index in [-0.39, 0.29) is 5.82 Å². The number of amides is 1. The van der Waals surface area contributed by atoms with Crippen molar-refractivity contribution in [3.63, 3.8) is 0 Å². The molecule has 0 aromatic heterocycles. The molecule has 0 radical (unpaired) electrons. The van der Waals surface area contributed by atoms with Crippen LogP contribution in [0.5, 0.6) is 0 Å². The molecule has 12 heteroatoms. The highest BCUT2D eigenvalue weighted by molar-refractivity contribution is 5.89. The molecule has 1 fully saturated rings. The van der Waals surface area contributed by atoms with Gasteiger partial charge in [-0.1, -0.05) is 30.3 Å². The molecule has 30 heavy (non-hydrogen) atoms. The molecule has 0 bridgehead atoms. The van der Waals surface area contributed by atoms with Gasteiger partial charge >= 0.3 is 0 Å². The zero-order valence-corrected chi connectivity index (χ0v) is 15.5. The molecule has 4 rings (SSSR count). The lowest BCUT2D eigenvalue weighted by Crippen LogP contribution is -2.61. The highest BCUT2D eigenvalue weighted by atomic mass is 16.6. The van der Waals surface area contributed by atoms with Crippen molar-refractivity contribution < 1.29 is 30.0 Å². The average Bonchev–Trinajstić information content (AvgIpc) is 3.25. The summed E-state index contributed by atoms with van der Waals surface area (Å²) in [4.78, 5) is 25.0. The maximum atomic E-state index is 12.5. The van der Waals surface area contributed by atoms with Gasteiger partial charge in [0, 0.05) is 6.54 Å². The van der Waals surface area contributed by atoms with E-state index in [9.17, 15) is 25.2 Å². The topological polar surface area (TPSA) is 175 Å². The quantitative estimate of drug-likeness (QED) is 0.280. The molecule has 1 amide bonds. The van der Waals surface area contributed by atoms with Gasteiger partial charge < -0.3 is 30.5 Å². The molecule has 3 heterocycles. The first-order valence-corrected chi connectivity index (χ1v) is 9.10. The van der Waals surface area contributed by atoms with Gasteiger partial charge in [0.25, 0.3) is 5.91 Å². The number of benzene rings is 1. The number of hydrogen-bond acceptors (Lipinski definition) is 10. The molecule has 1 aromatic carbocycles. The van der Waals surface area contributed by atoms with Crippen LogP contribution in [0.4, 0.5) is 5.82 Å². The Balaban J connectivity index is 1.50. The second-order valence-corrected chi connectivity index (χ2v) is 6.74.